The Labute approximate surface area is 213 Å². The Bertz CT molecular complexity index is 954. The number of hydrogen-bond donors (Lipinski definition) is 0. The summed E-state index contributed by atoms with van der Waals surface area (Å²) in [4.78, 5) is 9.69. The summed E-state index contributed by atoms with van der Waals surface area (Å²) in [5, 5.41) is 0. The largest absolute Gasteiger partial charge is 0.315 e. The van der Waals surface area contributed by atoms with Crippen molar-refractivity contribution in [1.29, 1.82) is 0 Å². The molecule has 1 aliphatic rings. The van der Waals surface area contributed by atoms with Crippen LogP contribution in [0, 0.1) is 17.8 Å². The van der Waals surface area contributed by atoms with Crippen molar-refractivity contribution in [3.05, 3.63) is 59.2 Å². The summed E-state index contributed by atoms with van der Waals surface area (Å²) in [5.41, 5.74) is 2.87. The summed E-state index contributed by atoms with van der Waals surface area (Å²) < 4.78 is -3.79. The first-order valence-corrected chi connectivity index (χ1v) is 11.6. The van der Waals surface area contributed by atoms with E-state index < -0.39 is 7.71 Å². The average Bonchev–Trinajstić information content (AvgIpc) is 2.67. The van der Waals surface area contributed by atoms with Gasteiger partial charge < -0.3 is 4.90 Å². The number of aliphatic imine (C=N–C) groups is 2. The van der Waals surface area contributed by atoms with Gasteiger partial charge in [-0.1, -0.05) is 105 Å². The molecule has 1 aromatic carbocycles. The maximum Gasteiger partial charge on any atom is 0.269 e. The van der Waals surface area contributed by atoms with Gasteiger partial charge in [0.25, 0.3) is 3.92 Å². The SMILES string of the molecule is C/N=C(\N=C(/N(C)C(Cl)(Cl)Cl)C(Cl)(Cl)Cl)c1ccc(C#CCC2C=C(C)C=CC2)cc1. The number of rotatable bonds is 2. The minimum absolute atomic E-state index is 0.0770. The van der Waals surface area contributed by atoms with Crippen LogP contribution >= 0.6 is 69.6 Å². The quantitative estimate of drug-likeness (QED) is 0.127. The molecule has 0 heterocycles. The van der Waals surface area contributed by atoms with Crippen LogP contribution in [0.25, 0.3) is 0 Å². The summed E-state index contributed by atoms with van der Waals surface area (Å²) in [5.74, 6) is 7.14. The predicted octanol–water partition coefficient (Wildman–Crippen LogP) is 7.36. The van der Waals surface area contributed by atoms with Crippen molar-refractivity contribution in [3.63, 3.8) is 0 Å². The molecular formula is C22H21Cl6N3. The zero-order chi connectivity index (χ0) is 23.2. The Morgan fingerprint density at radius 2 is 1.77 bits per heavy atom. The molecule has 0 spiro atoms. The van der Waals surface area contributed by atoms with Gasteiger partial charge in [0.2, 0.25) is 3.79 Å². The van der Waals surface area contributed by atoms with Gasteiger partial charge in [-0.15, -0.1) is 0 Å². The number of allylic oxidation sites excluding steroid dienone is 4. The standard InChI is InChI=1S/C22H21Cl6N3/c1-15-6-4-8-17(14-15)9-5-7-16-10-12-18(13-11-16)19(29-2)30-20(21(23,24)25)31(3)22(26,27)28/h4,6,10-14,17H,8-9H2,1-3H3/b29-19-,30-20-. The fourth-order valence-corrected chi connectivity index (χ4v) is 3.59. The summed E-state index contributed by atoms with van der Waals surface area (Å²) in [6.45, 7) is 2.10. The van der Waals surface area contributed by atoms with Crippen LogP contribution in [0.5, 0.6) is 0 Å². The number of benzene rings is 1. The third-order valence-electron chi connectivity index (χ3n) is 4.43. The Morgan fingerprint density at radius 3 is 2.29 bits per heavy atom. The fraction of sp³-hybridized carbons (Fsp3) is 0.364. The van der Waals surface area contributed by atoms with Crippen LogP contribution in [0.1, 0.15) is 30.9 Å². The second-order valence-corrected chi connectivity index (χ2v) is 11.4. The van der Waals surface area contributed by atoms with Crippen LogP contribution < -0.4 is 0 Å². The normalized spacial score (nSPS) is 17.7. The van der Waals surface area contributed by atoms with Gasteiger partial charge in [-0.3, -0.25) is 4.99 Å². The summed E-state index contributed by atoms with van der Waals surface area (Å²) in [7, 11) is 3.03. The number of halogens is 6. The molecule has 166 valence electrons. The summed E-state index contributed by atoms with van der Waals surface area (Å²) >= 11 is 35.9. The van der Waals surface area contributed by atoms with Gasteiger partial charge in [-0.05, 0) is 43.5 Å². The molecule has 31 heavy (non-hydrogen) atoms. The number of alkyl halides is 6. The van der Waals surface area contributed by atoms with Crippen LogP contribution in [0.2, 0.25) is 0 Å². The molecule has 0 aliphatic heterocycles. The van der Waals surface area contributed by atoms with Crippen molar-refractivity contribution < 1.29 is 0 Å². The molecule has 0 radical (unpaired) electrons. The number of nitrogens with zero attached hydrogens (tertiary/aromatic N) is 3. The molecule has 0 saturated carbocycles. The molecule has 0 saturated heterocycles. The van der Waals surface area contributed by atoms with E-state index in [1.165, 1.54) is 12.6 Å². The first kappa shape index (κ1) is 26.4. The maximum absolute atomic E-state index is 6.05. The zero-order valence-electron chi connectivity index (χ0n) is 17.1. The molecule has 9 heteroatoms. The maximum atomic E-state index is 6.05. The second-order valence-electron chi connectivity index (χ2n) is 6.90. The first-order chi connectivity index (χ1) is 14.4. The van der Waals surface area contributed by atoms with Gasteiger partial charge in [0, 0.05) is 31.6 Å². The molecule has 0 fully saturated rings. The third kappa shape index (κ3) is 8.21. The third-order valence-corrected chi connectivity index (χ3v) is 5.70. The molecule has 0 aromatic heterocycles. The van der Waals surface area contributed by atoms with E-state index in [0.29, 0.717) is 17.3 Å². The highest BCUT2D eigenvalue weighted by Crippen LogP contribution is 2.37. The van der Waals surface area contributed by atoms with Gasteiger partial charge in [-0.25, -0.2) is 4.99 Å². The lowest BCUT2D eigenvalue weighted by Crippen LogP contribution is -2.44. The topological polar surface area (TPSA) is 28.0 Å². The summed E-state index contributed by atoms with van der Waals surface area (Å²) in [6.07, 6.45) is 8.42. The molecule has 1 atom stereocenters. The molecule has 0 bridgehead atoms. The van der Waals surface area contributed by atoms with E-state index in [1.54, 1.807) is 7.05 Å². The molecule has 1 aromatic rings. The molecule has 1 aliphatic carbocycles. The van der Waals surface area contributed by atoms with E-state index in [4.69, 9.17) is 69.6 Å². The Kier molecular flexibility index (Phi) is 9.64. The van der Waals surface area contributed by atoms with Crippen molar-refractivity contribution in [2.75, 3.05) is 14.1 Å². The van der Waals surface area contributed by atoms with Crippen LogP contribution in [0.4, 0.5) is 0 Å². The van der Waals surface area contributed by atoms with E-state index >= 15 is 0 Å². The Balaban J connectivity index is 2.21. The molecule has 2 rings (SSSR count). The van der Waals surface area contributed by atoms with Crippen molar-refractivity contribution in [3.8, 4) is 11.8 Å². The van der Waals surface area contributed by atoms with E-state index in [-0.39, 0.29) is 5.84 Å². The minimum Gasteiger partial charge on any atom is -0.315 e. The van der Waals surface area contributed by atoms with E-state index in [0.717, 1.165) is 23.3 Å². The monoisotopic (exact) mass is 537 g/mol. The fourth-order valence-electron chi connectivity index (χ4n) is 2.85. The predicted molar refractivity (Wildman–Crippen MR) is 137 cm³/mol. The second kappa shape index (κ2) is 11.3. The lowest BCUT2D eigenvalue weighted by molar-refractivity contribution is 0.512. The van der Waals surface area contributed by atoms with Gasteiger partial charge in [0.05, 0.1) is 0 Å². The average molecular weight is 540 g/mol. The molecular weight excluding hydrogens is 519 g/mol. The van der Waals surface area contributed by atoms with E-state index in [1.807, 2.05) is 24.3 Å². The minimum atomic E-state index is -1.93. The van der Waals surface area contributed by atoms with Crippen LogP contribution in [-0.2, 0) is 0 Å². The van der Waals surface area contributed by atoms with Gasteiger partial charge in [0.1, 0.15) is 0 Å². The van der Waals surface area contributed by atoms with Gasteiger partial charge in [0.15, 0.2) is 11.7 Å². The lowest BCUT2D eigenvalue weighted by Gasteiger charge is -2.31. The van der Waals surface area contributed by atoms with Crippen LogP contribution in [-0.4, -0.2) is 38.4 Å². The highest BCUT2D eigenvalue weighted by atomic mass is 35.6. The lowest BCUT2D eigenvalue weighted by atomic mass is 9.94. The zero-order valence-corrected chi connectivity index (χ0v) is 21.7. The summed E-state index contributed by atoms with van der Waals surface area (Å²) in [6, 6.07) is 7.46. The van der Waals surface area contributed by atoms with Crippen molar-refractivity contribution in [2.45, 2.75) is 27.5 Å². The molecule has 0 amide bonds. The Morgan fingerprint density at radius 1 is 1.13 bits per heavy atom. The first-order valence-electron chi connectivity index (χ1n) is 9.29. The molecule has 1 unspecified atom stereocenters. The number of hydrogen-bond acceptors (Lipinski definition) is 1. The van der Waals surface area contributed by atoms with Crippen molar-refractivity contribution in [2.24, 2.45) is 15.9 Å². The van der Waals surface area contributed by atoms with Gasteiger partial charge in [-0.2, -0.15) is 0 Å². The number of amidine groups is 2. The van der Waals surface area contributed by atoms with Gasteiger partial charge >= 0.3 is 0 Å². The highest BCUT2D eigenvalue weighted by molar-refractivity contribution is 6.77. The molecule has 0 N–H and O–H groups in total. The Hall–Kier alpha value is -0.860. The van der Waals surface area contributed by atoms with E-state index in [2.05, 4.69) is 47.0 Å². The van der Waals surface area contributed by atoms with Crippen molar-refractivity contribution in [1.82, 2.24) is 4.90 Å². The molecule has 3 nitrogen and oxygen atoms in total. The van der Waals surface area contributed by atoms with Crippen LogP contribution in [0.15, 0.2) is 58.1 Å². The van der Waals surface area contributed by atoms with Crippen LogP contribution in [0.3, 0.4) is 0 Å². The smallest absolute Gasteiger partial charge is 0.269 e. The van der Waals surface area contributed by atoms with Crippen molar-refractivity contribution >= 4 is 81.3 Å². The van der Waals surface area contributed by atoms with E-state index in [9.17, 15) is 0 Å². The highest BCUT2D eigenvalue weighted by Gasteiger charge is 2.39.